The van der Waals surface area contributed by atoms with Crippen molar-refractivity contribution in [2.24, 2.45) is 5.92 Å². The van der Waals surface area contributed by atoms with Gasteiger partial charge in [-0.25, -0.2) is 4.79 Å². The number of nitrogens with two attached hydrogens (primary N) is 1. The molecule has 4 N–H and O–H groups in total. The van der Waals surface area contributed by atoms with E-state index in [1.54, 1.807) is 12.3 Å². The molecule has 0 heterocycles. The maximum Gasteiger partial charge on any atom is 0.323 e. The second-order valence-corrected chi connectivity index (χ2v) is 4.29. The number of hydrogen-bond donors (Lipinski definition) is 3. The van der Waals surface area contributed by atoms with Gasteiger partial charge in [0, 0.05) is 6.20 Å². The molecule has 0 atom stereocenters. The summed E-state index contributed by atoms with van der Waals surface area (Å²) in [4.78, 5) is 11.5. The molecule has 0 unspecified atom stereocenters. The number of nitrogen functional groups attached to an aromatic ring is 1. The first-order chi connectivity index (χ1) is 7.99. The number of rotatable bonds is 3. The van der Waals surface area contributed by atoms with Crippen molar-refractivity contribution in [1.29, 1.82) is 0 Å². The number of benzene rings is 1. The molecule has 1 aromatic rings. The number of amides is 2. The molecule has 0 saturated carbocycles. The van der Waals surface area contributed by atoms with Gasteiger partial charge in [-0.3, -0.25) is 0 Å². The number of urea groups is 1. The first-order valence-electron chi connectivity index (χ1n) is 5.59. The fourth-order valence-electron chi connectivity index (χ4n) is 1.27. The molecule has 1 rings (SSSR count). The van der Waals surface area contributed by atoms with Gasteiger partial charge in [0.1, 0.15) is 0 Å². The molecule has 0 saturated heterocycles. The average Bonchev–Trinajstić information content (AvgIpc) is 2.21. The van der Waals surface area contributed by atoms with Crippen molar-refractivity contribution < 1.29 is 4.79 Å². The highest BCUT2D eigenvalue weighted by Gasteiger charge is 2.02. The van der Waals surface area contributed by atoms with Crippen LogP contribution in [-0.2, 0) is 0 Å². The lowest BCUT2D eigenvalue weighted by Gasteiger charge is -2.08. The predicted octanol–water partition coefficient (Wildman–Crippen LogP) is 2.87. The Hall–Kier alpha value is -1.97. The smallest absolute Gasteiger partial charge is 0.323 e. The van der Waals surface area contributed by atoms with Crippen molar-refractivity contribution in [3.8, 4) is 0 Å². The monoisotopic (exact) mass is 233 g/mol. The summed E-state index contributed by atoms with van der Waals surface area (Å²) in [6.45, 7) is 6.02. The molecule has 0 aliphatic carbocycles. The van der Waals surface area contributed by atoms with Gasteiger partial charge in [0.25, 0.3) is 0 Å². The molecule has 2 amide bonds. The summed E-state index contributed by atoms with van der Waals surface area (Å²) >= 11 is 0. The Labute approximate surface area is 102 Å². The summed E-state index contributed by atoms with van der Waals surface area (Å²) < 4.78 is 0. The Balaban J connectivity index is 2.56. The third-order valence-corrected chi connectivity index (χ3v) is 2.15. The van der Waals surface area contributed by atoms with Crippen LogP contribution in [-0.4, -0.2) is 6.03 Å². The molecule has 0 aliphatic heterocycles. The van der Waals surface area contributed by atoms with Crippen LogP contribution in [0.2, 0.25) is 0 Å². The van der Waals surface area contributed by atoms with Crippen LogP contribution >= 0.6 is 0 Å². The van der Waals surface area contributed by atoms with E-state index >= 15 is 0 Å². The van der Waals surface area contributed by atoms with E-state index in [0.717, 1.165) is 5.56 Å². The van der Waals surface area contributed by atoms with Gasteiger partial charge < -0.3 is 16.4 Å². The zero-order valence-corrected chi connectivity index (χ0v) is 10.4. The first-order valence-corrected chi connectivity index (χ1v) is 5.59. The minimum absolute atomic E-state index is 0.294. The van der Waals surface area contributed by atoms with E-state index in [-0.39, 0.29) is 6.03 Å². The highest BCUT2D eigenvalue weighted by Crippen LogP contribution is 2.18. The van der Waals surface area contributed by atoms with E-state index in [9.17, 15) is 4.79 Å². The van der Waals surface area contributed by atoms with Crippen LogP contribution in [0.4, 0.5) is 16.2 Å². The third-order valence-electron chi connectivity index (χ3n) is 2.15. The zero-order valence-electron chi connectivity index (χ0n) is 10.4. The van der Waals surface area contributed by atoms with Crippen molar-refractivity contribution in [2.45, 2.75) is 20.8 Å². The Morgan fingerprint density at radius 1 is 1.41 bits per heavy atom. The number of hydrogen-bond acceptors (Lipinski definition) is 2. The van der Waals surface area contributed by atoms with Gasteiger partial charge in [0.15, 0.2) is 0 Å². The largest absolute Gasteiger partial charge is 0.397 e. The highest BCUT2D eigenvalue weighted by atomic mass is 16.2. The number of aryl methyl sites for hydroxylation is 1. The molecule has 0 aromatic heterocycles. The van der Waals surface area contributed by atoms with E-state index in [4.69, 9.17) is 5.73 Å². The third kappa shape index (κ3) is 4.59. The standard InChI is InChI=1S/C13H19N3O/c1-9(2)6-7-15-13(17)16-12-5-4-10(3)8-11(12)14/h4-9H,14H2,1-3H3,(H2,15,16,17)/b7-6+. The zero-order chi connectivity index (χ0) is 12.8. The summed E-state index contributed by atoms with van der Waals surface area (Å²) in [5, 5.41) is 5.30. The molecule has 0 radical (unpaired) electrons. The predicted molar refractivity (Wildman–Crippen MR) is 71.7 cm³/mol. The van der Waals surface area contributed by atoms with Gasteiger partial charge >= 0.3 is 6.03 Å². The second kappa shape index (κ2) is 5.94. The lowest BCUT2D eigenvalue weighted by Crippen LogP contribution is -2.24. The molecule has 0 bridgehead atoms. The molecule has 0 spiro atoms. The molecule has 1 aromatic carbocycles. The van der Waals surface area contributed by atoms with Gasteiger partial charge in [-0.2, -0.15) is 0 Å². The van der Waals surface area contributed by atoms with Crippen molar-refractivity contribution in [2.75, 3.05) is 11.1 Å². The van der Waals surface area contributed by atoms with E-state index in [0.29, 0.717) is 17.3 Å². The minimum atomic E-state index is -0.294. The van der Waals surface area contributed by atoms with Crippen LogP contribution in [0.25, 0.3) is 0 Å². The van der Waals surface area contributed by atoms with Crippen LogP contribution < -0.4 is 16.4 Å². The normalized spacial score (nSPS) is 10.8. The molecule has 0 aliphatic rings. The van der Waals surface area contributed by atoms with Gasteiger partial charge in [-0.1, -0.05) is 26.0 Å². The summed E-state index contributed by atoms with van der Waals surface area (Å²) in [5.74, 6) is 0.403. The topological polar surface area (TPSA) is 67.2 Å². The van der Waals surface area contributed by atoms with Gasteiger partial charge in [0.05, 0.1) is 11.4 Å². The fourth-order valence-corrected chi connectivity index (χ4v) is 1.27. The van der Waals surface area contributed by atoms with E-state index in [1.165, 1.54) is 0 Å². The van der Waals surface area contributed by atoms with Gasteiger partial charge in [-0.05, 0) is 30.5 Å². The number of allylic oxidation sites excluding steroid dienone is 1. The van der Waals surface area contributed by atoms with Crippen LogP contribution in [0, 0.1) is 12.8 Å². The number of anilines is 2. The highest BCUT2D eigenvalue weighted by molar-refractivity contribution is 5.93. The summed E-state index contributed by atoms with van der Waals surface area (Å²) in [7, 11) is 0. The second-order valence-electron chi connectivity index (χ2n) is 4.29. The molecular weight excluding hydrogens is 214 g/mol. The molecule has 0 fully saturated rings. The first kappa shape index (κ1) is 13.1. The van der Waals surface area contributed by atoms with Gasteiger partial charge in [0.2, 0.25) is 0 Å². The van der Waals surface area contributed by atoms with Crippen molar-refractivity contribution >= 4 is 17.4 Å². The molecule has 4 heteroatoms. The molecular formula is C13H19N3O. The quantitative estimate of drug-likeness (QED) is 0.703. The summed E-state index contributed by atoms with van der Waals surface area (Å²) in [5.41, 5.74) is 8.03. The Kier molecular flexibility index (Phi) is 4.57. The van der Waals surface area contributed by atoms with E-state index in [1.807, 2.05) is 39.0 Å². The lowest BCUT2D eigenvalue weighted by atomic mass is 10.2. The number of carbonyl (C=O) groups is 1. The Morgan fingerprint density at radius 3 is 2.71 bits per heavy atom. The minimum Gasteiger partial charge on any atom is -0.397 e. The van der Waals surface area contributed by atoms with Crippen LogP contribution in [0.3, 0.4) is 0 Å². The SMILES string of the molecule is Cc1ccc(NC(=O)N/C=C/C(C)C)c(N)c1. The van der Waals surface area contributed by atoms with Crippen LogP contribution in [0.5, 0.6) is 0 Å². The van der Waals surface area contributed by atoms with Crippen LogP contribution in [0.1, 0.15) is 19.4 Å². The maximum atomic E-state index is 11.5. The van der Waals surface area contributed by atoms with E-state index in [2.05, 4.69) is 10.6 Å². The number of nitrogens with one attached hydrogen (secondary N) is 2. The van der Waals surface area contributed by atoms with Crippen LogP contribution in [0.15, 0.2) is 30.5 Å². The number of carbonyl (C=O) groups excluding carboxylic acids is 1. The summed E-state index contributed by atoms with van der Waals surface area (Å²) in [6, 6.07) is 5.21. The molecule has 4 nitrogen and oxygen atoms in total. The summed E-state index contributed by atoms with van der Waals surface area (Å²) in [6.07, 6.45) is 3.53. The molecule has 92 valence electrons. The maximum absolute atomic E-state index is 11.5. The van der Waals surface area contributed by atoms with Crippen molar-refractivity contribution in [3.63, 3.8) is 0 Å². The molecule has 17 heavy (non-hydrogen) atoms. The van der Waals surface area contributed by atoms with E-state index < -0.39 is 0 Å². The van der Waals surface area contributed by atoms with Gasteiger partial charge in [-0.15, -0.1) is 0 Å². The van der Waals surface area contributed by atoms with Crippen molar-refractivity contribution in [3.05, 3.63) is 36.0 Å². The average molecular weight is 233 g/mol. The Bertz CT molecular complexity index is 425. The Morgan fingerprint density at radius 2 is 2.12 bits per heavy atom. The lowest BCUT2D eigenvalue weighted by molar-refractivity contribution is 0.255. The van der Waals surface area contributed by atoms with Crippen molar-refractivity contribution in [1.82, 2.24) is 5.32 Å². The fraction of sp³-hybridized carbons (Fsp3) is 0.308.